The molecule has 0 radical (unpaired) electrons. The summed E-state index contributed by atoms with van der Waals surface area (Å²) in [6, 6.07) is 8.77. The molecule has 3 heterocycles. The fourth-order valence-corrected chi connectivity index (χ4v) is 4.28. The van der Waals surface area contributed by atoms with E-state index in [4.69, 9.17) is 0 Å². The van der Waals surface area contributed by atoms with Gasteiger partial charge in [0.1, 0.15) is 5.82 Å². The van der Waals surface area contributed by atoms with Gasteiger partial charge in [-0.2, -0.15) is 13.2 Å². The maximum atomic E-state index is 12.8. The summed E-state index contributed by atoms with van der Waals surface area (Å²) in [6.07, 6.45) is -1.37. The van der Waals surface area contributed by atoms with Crippen molar-refractivity contribution >= 4 is 38.8 Å². The Bertz CT molecular complexity index is 994. The Hall–Kier alpha value is -2.61. The second kappa shape index (κ2) is 7.43. The molecule has 4 nitrogen and oxygen atoms in total. The first kappa shape index (κ1) is 18.7. The molecule has 0 atom stereocenters. The molecule has 0 aliphatic carbocycles. The van der Waals surface area contributed by atoms with E-state index in [1.807, 2.05) is 11.4 Å². The van der Waals surface area contributed by atoms with E-state index < -0.39 is 11.7 Å². The standard InChI is InChI=1S/C20H18F3N3OS/c21-20(22,23)14-2-1-3-15(12-14)25-19(27)13-5-9-26(10-6-13)18-16-7-11-28-17(16)4-8-24-18/h1-4,7-8,11-13H,5-6,9-10H2,(H,25,27). The Balaban J connectivity index is 1.40. The maximum absolute atomic E-state index is 12.8. The van der Waals surface area contributed by atoms with E-state index in [-0.39, 0.29) is 17.5 Å². The van der Waals surface area contributed by atoms with Crippen LogP contribution in [0, 0.1) is 5.92 Å². The summed E-state index contributed by atoms with van der Waals surface area (Å²) in [6.45, 7) is 1.37. The van der Waals surface area contributed by atoms with Gasteiger partial charge < -0.3 is 10.2 Å². The molecule has 1 aliphatic heterocycles. The molecule has 1 aliphatic rings. The molecule has 3 aromatic rings. The largest absolute Gasteiger partial charge is 0.416 e. The van der Waals surface area contributed by atoms with Crippen molar-refractivity contribution in [2.45, 2.75) is 19.0 Å². The number of amides is 1. The van der Waals surface area contributed by atoms with Crippen LogP contribution in [0.5, 0.6) is 0 Å². The quantitative estimate of drug-likeness (QED) is 0.654. The van der Waals surface area contributed by atoms with Crippen LogP contribution in [-0.2, 0) is 11.0 Å². The Morgan fingerprint density at radius 1 is 1.18 bits per heavy atom. The van der Waals surface area contributed by atoms with Crippen LogP contribution in [0.1, 0.15) is 18.4 Å². The van der Waals surface area contributed by atoms with Crippen LogP contribution in [0.15, 0.2) is 48.0 Å². The average Bonchev–Trinajstić information content (AvgIpc) is 3.16. The highest BCUT2D eigenvalue weighted by Gasteiger charge is 2.31. The highest BCUT2D eigenvalue weighted by atomic mass is 32.1. The number of carbonyl (C=O) groups excluding carboxylic acids is 1. The van der Waals surface area contributed by atoms with Crippen LogP contribution in [-0.4, -0.2) is 24.0 Å². The third-order valence-electron chi connectivity index (χ3n) is 4.98. The molecule has 4 rings (SSSR count). The number of hydrogen-bond acceptors (Lipinski definition) is 4. The van der Waals surface area contributed by atoms with Crippen LogP contribution in [0.25, 0.3) is 10.1 Å². The summed E-state index contributed by atoms with van der Waals surface area (Å²) < 4.78 is 39.7. The van der Waals surface area contributed by atoms with Crippen molar-refractivity contribution in [3.05, 3.63) is 53.5 Å². The minimum absolute atomic E-state index is 0.173. The monoisotopic (exact) mass is 405 g/mol. The van der Waals surface area contributed by atoms with Gasteiger partial charge in [0.25, 0.3) is 0 Å². The lowest BCUT2D eigenvalue weighted by Crippen LogP contribution is -2.38. The first-order chi connectivity index (χ1) is 13.4. The normalized spacial score (nSPS) is 15.8. The number of thiophene rings is 1. The summed E-state index contributed by atoms with van der Waals surface area (Å²) >= 11 is 1.66. The van der Waals surface area contributed by atoms with Gasteiger partial charge in [0.05, 0.1) is 5.56 Å². The number of anilines is 2. The van der Waals surface area contributed by atoms with Gasteiger partial charge in [-0.25, -0.2) is 4.98 Å². The zero-order chi connectivity index (χ0) is 19.7. The number of benzene rings is 1. The van der Waals surface area contributed by atoms with Crippen LogP contribution >= 0.6 is 11.3 Å². The number of aromatic nitrogens is 1. The Morgan fingerprint density at radius 3 is 2.71 bits per heavy atom. The third-order valence-corrected chi connectivity index (χ3v) is 5.86. The SMILES string of the molecule is O=C(Nc1cccc(C(F)(F)F)c1)C1CCN(c2nccc3sccc23)CC1. The molecule has 0 bridgehead atoms. The van der Waals surface area contributed by atoms with Crippen molar-refractivity contribution in [3.63, 3.8) is 0 Å². The summed E-state index contributed by atoms with van der Waals surface area (Å²) in [5.74, 6) is 0.462. The average molecular weight is 405 g/mol. The van der Waals surface area contributed by atoms with E-state index in [2.05, 4.69) is 21.3 Å². The van der Waals surface area contributed by atoms with Crippen LogP contribution in [0.4, 0.5) is 24.7 Å². The molecule has 2 aromatic heterocycles. The van der Waals surface area contributed by atoms with Gasteiger partial charge in [-0.15, -0.1) is 11.3 Å². The number of nitrogens with one attached hydrogen (secondary N) is 1. The molecular weight excluding hydrogens is 387 g/mol. The van der Waals surface area contributed by atoms with Gasteiger partial charge in [-0.05, 0) is 48.6 Å². The van der Waals surface area contributed by atoms with E-state index in [0.29, 0.717) is 25.9 Å². The number of carbonyl (C=O) groups is 1. The Morgan fingerprint density at radius 2 is 1.96 bits per heavy atom. The molecule has 0 spiro atoms. The molecule has 1 fully saturated rings. The summed E-state index contributed by atoms with van der Waals surface area (Å²) in [7, 11) is 0. The minimum Gasteiger partial charge on any atom is -0.356 e. The van der Waals surface area contributed by atoms with Gasteiger partial charge in [0, 0.05) is 41.0 Å². The van der Waals surface area contributed by atoms with Crippen molar-refractivity contribution in [2.24, 2.45) is 5.92 Å². The van der Waals surface area contributed by atoms with Crippen molar-refractivity contribution < 1.29 is 18.0 Å². The van der Waals surface area contributed by atoms with Crippen LogP contribution in [0.3, 0.4) is 0 Å². The molecule has 0 unspecified atom stereocenters. The van der Waals surface area contributed by atoms with Gasteiger partial charge in [0.15, 0.2) is 0 Å². The number of alkyl halides is 3. The van der Waals surface area contributed by atoms with E-state index in [1.165, 1.54) is 16.8 Å². The predicted molar refractivity (Wildman–Crippen MR) is 105 cm³/mol. The van der Waals surface area contributed by atoms with Crippen molar-refractivity contribution in [2.75, 3.05) is 23.3 Å². The first-order valence-electron chi connectivity index (χ1n) is 8.97. The first-order valence-corrected chi connectivity index (χ1v) is 9.85. The number of fused-ring (bicyclic) bond motifs is 1. The zero-order valence-corrected chi connectivity index (χ0v) is 15.7. The predicted octanol–water partition coefficient (Wildman–Crippen LogP) is 5.17. The van der Waals surface area contributed by atoms with Crippen LogP contribution < -0.4 is 10.2 Å². The summed E-state index contributed by atoms with van der Waals surface area (Å²) in [5.41, 5.74) is -0.595. The van der Waals surface area contributed by atoms with Gasteiger partial charge >= 0.3 is 6.18 Å². The van der Waals surface area contributed by atoms with Crippen LogP contribution in [0.2, 0.25) is 0 Å². The molecule has 0 saturated carbocycles. The molecule has 1 N–H and O–H groups in total. The number of halogens is 3. The fourth-order valence-electron chi connectivity index (χ4n) is 3.50. The summed E-state index contributed by atoms with van der Waals surface area (Å²) in [5, 5.41) is 5.78. The van der Waals surface area contributed by atoms with Crippen molar-refractivity contribution in [3.8, 4) is 0 Å². The highest BCUT2D eigenvalue weighted by Crippen LogP contribution is 2.32. The Kier molecular flexibility index (Phi) is 4.97. The van der Waals surface area contributed by atoms with E-state index in [9.17, 15) is 18.0 Å². The highest BCUT2D eigenvalue weighted by molar-refractivity contribution is 7.17. The Labute approximate surface area is 164 Å². The molecule has 1 amide bonds. The minimum atomic E-state index is -4.43. The zero-order valence-electron chi connectivity index (χ0n) is 14.9. The number of piperidine rings is 1. The smallest absolute Gasteiger partial charge is 0.356 e. The number of nitrogens with zero attached hydrogens (tertiary/aromatic N) is 2. The molecule has 146 valence electrons. The lowest BCUT2D eigenvalue weighted by molar-refractivity contribution is -0.137. The van der Waals surface area contributed by atoms with E-state index in [0.717, 1.165) is 23.3 Å². The van der Waals surface area contributed by atoms with Gasteiger partial charge in [-0.1, -0.05) is 6.07 Å². The van der Waals surface area contributed by atoms with E-state index >= 15 is 0 Å². The molecular formula is C20H18F3N3OS. The van der Waals surface area contributed by atoms with Crippen molar-refractivity contribution in [1.29, 1.82) is 0 Å². The van der Waals surface area contributed by atoms with Gasteiger partial charge in [-0.3, -0.25) is 4.79 Å². The molecule has 1 saturated heterocycles. The fraction of sp³-hybridized carbons (Fsp3) is 0.300. The third kappa shape index (κ3) is 3.82. The molecule has 8 heteroatoms. The molecule has 28 heavy (non-hydrogen) atoms. The van der Waals surface area contributed by atoms with Crippen molar-refractivity contribution in [1.82, 2.24) is 4.98 Å². The maximum Gasteiger partial charge on any atom is 0.416 e. The number of rotatable bonds is 3. The molecule has 1 aromatic carbocycles. The van der Waals surface area contributed by atoms with Gasteiger partial charge in [0.2, 0.25) is 5.91 Å². The number of hydrogen-bond donors (Lipinski definition) is 1. The number of pyridine rings is 1. The lowest BCUT2D eigenvalue weighted by atomic mass is 9.95. The second-order valence-corrected chi connectivity index (χ2v) is 7.74. The second-order valence-electron chi connectivity index (χ2n) is 6.80. The lowest BCUT2D eigenvalue weighted by Gasteiger charge is -2.32. The summed E-state index contributed by atoms with van der Waals surface area (Å²) in [4.78, 5) is 19.2. The van der Waals surface area contributed by atoms with E-state index in [1.54, 1.807) is 17.5 Å². The topological polar surface area (TPSA) is 45.2 Å².